The van der Waals surface area contributed by atoms with Crippen LogP contribution in [0.5, 0.6) is 0 Å². The van der Waals surface area contributed by atoms with Crippen LogP contribution in [0.15, 0.2) is 12.1 Å². The Morgan fingerprint density at radius 3 is 2.61 bits per heavy atom. The van der Waals surface area contributed by atoms with Crippen LogP contribution in [0, 0.1) is 0 Å². The van der Waals surface area contributed by atoms with E-state index >= 15 is 0 Å². The average Bonchev–Trinajstić information content (AvgIpc) is 2.29. The monoisotopic (exact) mass is 251 g/mol. The molecule has 0 aromatic carbocycles. The molecule has 0 aliphatic heterocycles. The van der Waals surface area contributed by atoms with Crippen LogP contribution in [0.1, 0.15) is 37.7 Å². The van der Waals surface area contributed by atoms with Crippen LogP contribution in [0.2, 0.25) is 0 Å². The zero-order valence-corrected chi connectivity index (χ0v) is 11.2. The number of hydrogen-bond acceptors (Lipinski definition) is 5. The smallest absolute Gasteiger partial charge is 0.271 e. The third kappa shape index (κ3) is 4.29. The molecule has 1 aromatic rings. The molecule has 1 heterocycles. The SMILES string of the molecule is CCNC(=O)c1ccc(NC(C)(C)CCN)nn1. The van der Waals surface area contributed by atoms with Crippen LogP contribution in [0.4, 0.5) is 5.82 Å². The van der Waals surface area contributed by atoms with Crippen LogP contribution in [0.3, 0.4) is 0 Å². The molecule has 0 aliphatic rings. The number of carbonyl (C=O) groups is 1. The molecule has 0 fully saturated rings. The number of rotatable bonds is 6. The Hall–Kier alpha value is -1.69. The van der Waals surface area contributed by atoms with Gasteiger partial charge in [0.1, 0.15) is 5.82 Å². The summed E-state index contributed by atoms with van der Waals surface area (Å²) in [6.07, 6.45) is 0.826. The van der Waals surface area contributed by atoms with Gasteiger partial charge < -0.3 is 16.4 Å². The van der Waals surface area contributed by atoms with Crippen molar-refractivity contribution in [3.63, 3.8) is 0 Å². The van der Waals surface area contributed by atoms with Crippen molar-refractivity contribution in [2.24, 2.45) is 5.73 Å². The van der Waals surface area contributed by atoms with Gasteiger partial charge in [0.15, 0.2) is 5.69 Å². The maximum atomic E-state index is 11.5. The van der Waals surface area contributed by atoms with Crippen LogP contribution < -0.4 is 16.4 Å². The van der Waals surface area contributed by atoms with Gasteiger partial charge in [-0.1, -0.05) is 0 Å². The lowest BCUT2D eigenvalue weighted by atomic mass is 10.0. The number of aromatic nitrogens is 2. The van der Waals surface area contributed by atoms with Crippen molar-refractivity contribution in [1.29, 1.82) is 0 Å². The van der Waals surface area contributed by atoms with Crippen LogP contribution >= 0.6 is 0 Å². The van der Waals surface area contributed by atoms with Crippen molar-refractivity contribution >= 4 is 11.7 Å². The number of hydrogen-bond donors (Lipinski definition) is 3. The summed E-state index contributed by atoms with van der Waals surface area (Å²) in [5.74, 6) is 0.430. The first kappa shape index (κ1) is 14.4. The predicted molar refractivity (Wildman–Crippen MR) is 71.4 cm³/mol. The van der Waals surface area contributed by atoms with Gasteiger partial charge in [-0.3, -0.25) is 4.79 Å². The van der Waals surface area contributed by atoms with Gasteiger partial charge in [-0.05, 0) is 45.9 Å². The van der Waals surface area contributed by atoms with Gasteiger partial charge in [0, 0.05) is 12.1 Å². The summed E-state index contributed by atoms with van der Waals surface area (Å²) in [6.45, 7) is 7.11. The van der Waals surface area contributed by atoms with E-state index in [9.17, 15) is 4.79 Å². The standard InChI is InChI=1S/C12H21N5O/c1-4-14-11(18)9-5-6-10(17-16-9)15-12(2,3)7-8-13/h5-6H,4,7-8,13H2,1-3H3,(H,14,18)(H,15,17). The van der Waals surface area contributed by atoms with Gasteiger partial charge in [-0.2, -0.15) is 0 Å². The second-order valence-corrected chi connectivity index (χ2v) is 4.71. The molecule has 0 unspecified atom stereocenters. The van der Waals surface area contributed by atoms with Crippen molar-refractivity contribution in [1.82, 2.24) is 15.5 Å². The fraction of sp³-hybridized carbons (Fsp3) is 0.583. The van der Waals surface area contributed by atoms with E-state index in [0.717, 1.165) is 6.42 Å². The van der Waals surface area contributed by atoms with Crippen molar-refractivity contribution < 1.29 is 4.79 Å². The lowest BCUT2D eigenvalue weighted by Crippen LogP contribution is -2.34. The van der Waals surface area contributed by atoms with E-state index in [1.54, 1.807) is 12.1 Å². The van der Waals surface area contributed by atoms with Gasteiger partial charge >= 0.3 is 0 Å². The predicted octanol–water partition coefficient (Wildman–Crippen LogP) is 0.766. The van der Waals surface area contributed by atoms with E-state index in [-0.39, 0.29) is 11.4 Å². The minimum atomic E-state index is -0.210. The maximum absolute atomic E-state index is 11.5. The molecule has 0 bridgehead atoms. The Balaban J connectivity index is 2.68. The molecule has 6 heteroatoms. The summed E-state index contributed by atoms with van der Waals surface area (Å²) >= 11 is 0. The van der Waals surface area contributed by atoms with Gasteiger partial charge in [-0.25, -0.2) is 0 Å². The van der Waals surface area contributed by atoms with Crippen molar-refractivity contribution in [3.8, 4) is 0 Å². The number of anilines is 1. The molecule has 0 radical (unpaired) electrons. The highest BCUT2D eigenvalue weighted by molar-refractivity contribution is 5.92. The fourth-order valence-corrected chi connectivity index (χ4v) is 1.54. The molecular formula is C12H21N5O. The zero-order valence-electron chi connectivity index (χ0n) is 11.2. The molecule has 0 aliphatic carbocycles. The molecule has 1 rings (SSSR count). The van der Waals surface area contributed by atoms with Gasteiger partial charge in [0.2, 0.25) is 0 Å². The Morgan fingerprint density at radius 1 is 1.39 bits per heavy atom. The molecule has 100 valence electrons. The molecule has 0 saturated heterocycles. The number of nitrogens with two attached hydrogens (primary N) is 1. The first-order chi connectivity index (χ1) is 8.48. The highest BCUT2D eigenvalue weighted by atomic mass is 16.1. The lowest BCUT2D eigenvalue weighted by molar-refractivity contribution is 0.0950. The zero-order chi connectivity index (χ0) is 13.6. The topological polar surface area (TPSA) is 92.9 Å². The third-order valence-corrected chi connectivity index (χ3v) is 2.47. The molecule has 1 aromatic heterocycles. The minimum absolute atomic E-state index is 0.142. The third-order valence-electron chi connectivity index (χ3n) is 2.47. The summed E-state index contributed by atoms with van der Waals surface area (Å²) in [4.78, 5) is 11.5. The van der Waals surface area contributed by atoms with E-state index in [2.05, 4.69) is 20.8 Å². The van der Waals surface area contributed by atoms with E-state index in [1.165, 1.54) is 0 Å². The van der Waals surface area contributed by atoms with E-state index in [4.69, 9.17) is 5.73 Å². The molecular weight excluding hydrogens is 230 g/mol. The summed E-state index contributed by atoms with van der Waals surface area (Å²) in [5, 5.41) is 13.8. The molecule has 18 heavy (non-hydrogen) atoms. The molecule has 0 atom stereocenters. The van der Waals surface area contributed by atoms with Gasteiger partial charge in [0.25, 0.3) is 5.91 Å². The number of nitrogens with one attached hydrogen (secondary N) is 2. The summed E-state index contributed by atoms with van der Waals surface area (Å²) in [6, 6.07) is 3.40. The van der Waals surface area contributed by atoms with E-state index in [1.807, 2.05) is 20.8 Å². The normalized spacial score (nSPS) is 11.1. The van der Waals surface area contributed by atoms with Gasteiger partial charge in [0.05, 0.1) is 0 Å². The number of carbonyl (C=O) groups excluding carboxylic acids is 1. The number of amides is 1. The fourth-order valence-electron chi connectivity index (χ4n) is 1.54. The lowest BCUT2D eigenvalue weighted by Gasteiger charge is -2.25. The summed E-state index contributed by atoms with van der Waals surface area (Å²) in [7, 11) is 0. The van der Waals surface area contributed by atoms with Crippen LogP contribution in [-0.4, -0.2) is 34.7 Å². The summed E-state index contributed by atoms with van der Waals surface area (Å²) in [5.41, 5.74) is 5.71. The minimum Gasteiger partial charge on any atom is -0.364 e. The molecule has 4 N–H and O–H groups in total. The van der Waals surface area contributed by atoms with Crippen LogP contribution in [-0.2, 0) is 0 Å². The Morgan fingerprint density at radius 2 is 2.11 bits per heavy atom. The largest absolute Gasteiger partial charge is 0.364 e. The molecule has 6 nitrogen and oxygen atoms in total. The second-order valence-electron chi connectivity index (χ2n) is 4.71. The maximum Gasteiger partial charge on any atom is 0.271 e. The average molecular weight is 251 g/mol. The first-order valence-electron chi connectivity index (χ1n) is 6.08. The van der Waals surface area contributed by atoms with Crippen LogP contribution in [0.25, 0.3) is 0 Å². The molecule has 0 saturated carbocycles. The second kappa shape index (κ2) is 6.30. The Kier molecular flexibility index (Phi) is 5.03. The molecule has 1 amide bonds. The first-order valence-corrected chi connectivity index (χ1v) is 6.08. The molecule has 0 spiro atoms. The highest BCUT2D eigenvalue weighted by Gasteiger charge is 2.17. The van der Waals surface area contributed by atoms with Crippen molar-refractivity contribution in [2.75, 3.05) is 18.4 Å². The quantitative estimate of drug-likeness (QED) is 0.694. The highest BCUT2D eigenvalue weighted by Crippen LogP contribution is 2.14. The number of nitrogens with zero attached hydrogens (tertiary/aromatic N) is 2. The summed E-state index contributed by atoms with van der Waals surface area (Å²) < 4.78 is 0. The van der Waals surface area contributed by atoms with Crippen molar-refractivity contribution in [2.45, 2.75) is 32.7 Å². The van der Waals surface area contributed by atoms with Crippen molar-refractivity contribution in [3.05, 3.63) is 17.8 Å². The van der Waals surface area contributed by atoms with E-state index < -0.39 is 0 Å². The van der Waals surface area contributed by atoms with E-state index in [0.29, 0.717) is 24.6 Å². The Bertz CT molecular complexity index is 388. The van der Waals surface area contributed by atoms with Gasteiger partial charge in [-0.15, -0.1) is 10.2 Å². The Labute approximate surface area is 107 Å².